The standard InChI is InChI=1S/C11H13N3O4/c1-7(15)18-9-5-3-8(4-6-9)13-11(17)14(2)10(12)16/h3-6H,1-2H3,(H2,12,16)(H,13,17). The number of nitrogens with one attached hydrogen (secondary N) is 1. The summed E-state index contributed by atoms with van der Waals surface area (Å²) in [5, 5.41) is 2.45. The highest BCUT2D eigenvalue weighted by atomic mass is 16.5. The molecule has 7 nitrogen and oxygen atoms in total. The van der Waals surface area contributed by atoms with Gasteiger partial charge in [0.1, 0.15) is 5.75 Å². The number of urea groups is 2. The molecule has 0 aromatic heterocycles. The van der Waals surface area contributed by atoms with Gasteiger partial charge in [0, 0.05) is 19.7 Å². The first-order valence-corrected chi connectivity index (χ1v) is 5.03. The number of carbonyl (C=O) groups excluding carboxylic acids is 3. The van der Waals surface area contributed by atoms with Gasteiger partial charge in [-0.3, -0.25) is 4.79 Å². The Labute approximate surface area is 104 Å². The molecule has 0 bridgehead atoms. The summed E-state index contributed by atoms with van der Waals surface area (Å²) in [6.07, 6.45) is 0. The van der Waals surface area contributed by atoms with Crippen LogP contribution in [0.5, 0.6) is 5.75 Å². The summed E-state index contributed by atoms with van der Waals surface area (Å²) in [5.74, 6) is -0.0657. The van der Waals surface area contributed by atoms with Gasteiger partial charge in [-0.15, -0.1) is 0 Å². The van der Waals surface area contributed by atoms with E-state index in [1.807, 2.05) is 0 Å². The maximum Gasteiger partial charge on any atom is 0.329 e. The van der Waals surface area contributed by atoms with Gasteiger partial charge in [0.2, 0.25) is 0 Å². The Balaban J connectivity index is 2.66. The molecule has 0 spiro atoms. The van der Waals surface area contributed by atoms with E-state index < -0.39 is 18.0 Å². The zero-order chi connectivity index (χ0) is 13.7. The molecule has 0 atom stereocenters. The summed E-state index contributed by atoms with van der Waals surface area (Å²) in [7, 11) is 1.25. The zero-order valence-corrected chi connectivity index (χ0v) is 9.97. The highest BCUT2D eigenvalue weighted by Crippen LogP contribution is 2.16. The van der Waals surface area contributed by atoms with Crippen LogP contribution in [0.3, 0.4) is 0 Å². The predicted molar refractivity (Wildman–Crippen MR) is 64.1 cm³/mol. The summed E-state index contributed by atoms with van der Waals surface area (Å²) in [4.78, 5) is 33.6. The van der Waals surface area contributed by atoms with E-state index in [4.69, 9.17) is 10.5 Å². The fourth-order valence-electron chi connectivity index (χ4n) is 1.08. The SMILES string of the molecule is CC(=O)Oc1ccc(NC(=O)N(C)C(N)=O)cc1. The Morgan fingerprint density at radius 3 is 2.22 bits per heavy atom. The van der Waals surface area contributed by atoms with Crippen LogP contribution >= 0.6 is 0 Å². The first-order valence-electron chi connectivity index (χ1n) is 5.03. The van der Waals surface area contributed by atoms with Crippen molar-refractivity contribution in [2.45, 2.75) is 6.92 Å². The molecular formula is C11H13N3O4. The van der Waals surface area contributed by atoms with Crippen LogP contribution < -0.4 is 15.8 Å². The first kappa shape index (κ1) is 13.5. The molecule has 1 aromatic carbocycles. The number of benzene rings is 1. The number of esters is 1. The molecule has 96 valence electrons. The van der Waals surface area contributed by atoms with Crippen LogP contribution in [-0.4, -0.2) is 30.0 Å². The number of imide groups is 1. The zero-order valence-electron chi connectivity index (χ0n) is 9.97. The van der Waals surface area contributed by atoms with Crippen LogP contribution in [0.1, 0.15) is 6.92 Å². The van der Waals surface area contributed by atoms with Crippen molar-refractivity contribution in [1.82, 2.24) is 4.90 Å². The lowest BCUT2D eigenvalue weighted by Gasteiger charge is -2.13. The van der Waals surface area contributed by atoms with Crippen molar-refractivity contribution < 1.29 is 19.1 Å². The molecule has 0 fully saturated rings. The monoisotopic (exact) mass is 251 g/mol. The average Bonchev–Trinajstić information content (AvgIpc) is 2.29. The van der Waals surface area contributed by atoms with Gasteiger partial charge in [-0.2, -0.15) is 0 Å². The van der Waals surface area contributed by atoms with Crippen molar-refractivity contribution in [2.24, 2.45) is 5.73 Å². The maximum absolute atomic E-state index is 11.4. The molecule has 0 aliphatic carbocycles. The summed E-state index contributed by atoms with van der Waals surface area (Å²) < 4.78 is 4.82. The van der Waals surface area contributed by atoms with E-state index in [1.54, 1.807) is 0 Å². The summed E-state index contributed by atoms with van der Waals surface area (Å²) in [5.41, 5.74) is 5.39. The molecule has 0 aliphatic rings. The number of ether oxygens (including phenoxy) is 1. The van der Waals surface area contributed by atoms with E-state index in [9.17, 15) is 14.4 Å². The second-order valence-corrected chi connectivity index (χ2v) is 3.45. The number of primary amides is 1. The van der Waals surface area contributed by atoms with Crippen LogP contribution in [0.25, 0.3) is 0 Å². The maximum atomic E-state index is 11.4. The normalized spacial score (nSPS) is 9.44. The second-order valence-electron chi connectivity index (χ2n) is 3.45. The number of amides is 4. The van der Waals surface area contributed by atoms with E-state index in [2.05, 4.69) is 5.32 Å². The van der Waals surface area contributed by atoms with Crippen LogP contribution in [0.15, 0.2) is 24.3 Å². The molecule has 4 amide bonds. The average molecular weight is 251 g/mol. The minimum atomic E-state index is -0.857. The lowest BCUT2D eigenvalue weighted by Crippen LogP contribution is -2.40. The minimum Gasteiger partial charge on any atom is -0.427 e. The Kier molecular flexibility index (Phi) is 4.25. The number of carbonyl (C=O) groups is 3. The molecule has 1 aromatic rings. The van der Waals surface area contributed by atoms with Crippen molar-refractivity contribution in [1.29, 1.82) is 0 Å². The van der Waals surface area contributed by atoms with E-state index >= 15 is 0 Å². The van der Waals surface area contributed by atoms with Gasteiger partial charge in [0.15, 0.2) is 0 Å². The molecule has 0 unspecified atom stereocenters. The molecule has 0 heterocycles. The Morgan fingerprint density at radius 1 is 1.22 bits per heavy atom. The number of nitrogens with zero attached hydrogens (tertiary/aromatic N) is 1. The van der Waals surface area contributed by atoms with Crippen LogP contribution in [0, 0.1) is 0 Å². The van der Waals surface area contributed by atoms with Crippen LogP contribution in [-0.2, 0) is 4.79 Å². The number of nitrogens with two attached hydrogens (primary N) is 1. The lowest BCUT2D eigenvalue weighted by atomic mass is 10.3. The van der Waals surface area contributed by atoms with E-state index in [0.29, 0.717) is 11.4 Å². The highest BCUT2D eigenvalue weighted by Gasteiger charge is 2.13. The summed E-state index contributed by atoms with van der Waals surface area (Å²) in [6, 6.07) is 4.59. The second kappa shape index (κ2) is 5.67. The van der Waals surface area contributed by atoms with Crippen molar-refractivity contribution in [3.63, 3.8) is 0 Å². The van der Waals surface area contributed by atoms with E-state index in [1.165, 1.54) is 38.2 Å². The quantitative estimate of drug-likeness (QED) is 0.608. The molecule has 0 saturated heterocycles. The van der Waals surface area contributed by atoms with Crippen LogP contribution in [0.4, 0.5) is 15.3 Å². The van der Waals surface area contributed by atoms with Gasteiger partial charge >= 0.3 is 18.0 Å². The van der Waals surface area contributed by atoms with Crippen molar-refractivity contribution >= 4 is 23.7 Å². The molecule has 3 N–H and O–H groups in total. The Bertz CT molecular complexity index is 470. The van der Waals surface area contributed by atoms with E-state index in [-0.39, 0.29) is 0 Å². The van der Waals surface area contributed by atoms with Gasteiger partial charge in [-0.25, -0.2) is 14.5 Å². The van der Waals surface area contributed by atoms with Crippen molar-refractivity contribution in [2.75, 3.05) is 12.4 Å². The molecule has 0 aliphatic heterocycles. The molecule has 18 heavy (non-hydrogen) atoms. The predicted octanol–water partition coefficient (Wildman–Crippen LogP) is 1.15. The molecule has 7 heteroatoms. The number of hydrogen-bond acceptors (Lipinski definition) is 4. The van der Waals surface area contributed by atoms with Gasteiger partial charge in [0.25, 0.3) is 0 Å². The number of rotatable bonds is 2. The summed E-state index contributed by atoms with van der Waals surface area (Å²) >= 11 is 0. The smallest absolute Gasteiger partial charge is 0.329 e. The summed E-state index contributed by atoms with van der Waals surface area (Å²) in [6.45, 7) is 1.29. The molecule has 1 rings (SSSR count). The van der Waals surface area contributed by atoms with Gasteiger partial charge < -0.3 is 15.8 Å². The van der Waals surface area contributed by atoms with E-state index in [0.717, 1.165) is 4.90 Å². The van der Waals surface area contributed by atoms with Crippen molar-refractivity contribution in [3.8, 4) is 5.75 Å². The Morgan fingerprint density at radius 2 is 1.78 bits per heavy atom. The van der Waals surface area contributed by atoms with Crippen LogP contribution in [0.2, 0.25) is 0 Å². The largest absolute Gasteiger partial charge is 0.427 e. The third kappa shape index (κ3) is 3.78. The first-order chi connectivity index (χ1) is 8.40. The highest BCUT2D eigenvalue weighted by molar-refractivity contribution is 5.99. The molecular weight excluding hydrogens is 238 g/mol. The third-order valence-electron chi connectivity index (χ3n) is 2.00. The molecule has 0 saturated carbocycles. The minimum absolute atomic E-state index is 0.365. The number of anilines is 1. The fourth-order valence-corrected chi connectivity index (χ4v) is 1.08. The number of hydrogen-bond donors (Lipinski definition) is 2. The Hall–Kier alpha value is -2.57. The van der Waals surface area contributed by atoms with Gasteiger partial charge in [-0.1, -0.05) is 0 Å². The van der Waals surface area contributed by atoms with Gasteiger partial charge in [0.05, 0.1) is 0 Å². The third-order valence-corrected chi connectivity index (χ3v) is 2.00. The van der Waals surface area contributed by atoms with Crippen molar-refractivity contribution in [3.05, 3.63) is 24.3 Å². The lowest BCUT2D eigenvalue weighted by molar-refractivity contribution is -0.131. The molecule has 0 radical (unpaired) electrons. The fraction of sp³-hybridized carbons (Fsp3) is 0.182. The topological polar surface area (TPSA) is 102 Å². The van der Waals surface area contributed by atoms with Gasteiger partial charge in [-0.05, 0) is 24.3 Å².